The molecule has 1 aliphatic heterocycles. The predicted octanol–water partition coefficient (Wildman–Crippen LogP) is 3.60. The van der Waals surface area contributed by atoms with Gasteiger partial charge in [0.2, 0.25) is 5.91 Å². The number of thiocarbonyl (C=S) groups is 1. The van der Waals surface area contributed by atoms with Crippen LogP contribution in [-0.4, -0.2) is 54.6 Å². The van der Waals surface area contributed by atoms with Crippen LogP contribution in [-0.2, 0) is 9.59 Å². The largest absolute Gasteiger partial charge is 0.483 e. The van der Waals surface area contributed by atoms with Crippen LogP contribution >= 0.6 is 23.8 Å². The fourth-order valence-electron chi connectivity index (χ4n) is 3.48. The first-order chi connectivity index (χ1) is 15.4. The Morgan fingerprint density at radius 2 is 1.84 bits per heavy atom. The molecule has 0 saturated carbocycles. The van der Waals surface area contributed by atoms with Crippen LogP contribution in [0.5, 0.6) is 5.75 Å². The lowest BCUT2D eigenvalue weighted by atomic mass is 10.2. The van der Waals surface area contributed by atoms with Crippen molar-refractivity contribution in [1.82, 2.24) is 10.2 Å². The Morgan fingerprint density at radius 1 is 1.12 bits per heavy atom. The molecule has 3 rings (SSSR count). The maximum atomic E-state index is 12.3. The van der Waals surface area contributed by atoms with Gasteiger partial charge >= 0.3 is 0 Å². The number of ether oxygens (including phenoxy) is 1. The van der Waals surface area contributed by atoms with E-state index in [1.807, 2.05) is 55.1 Å². The Labute approximate surface area is 198 Å². The highest BCUT2D eigenvalue weighted by atomic mass is 35.5. The van der Waals surface area contributed by atoms with Gasteiger partial charge in [-0.2, -0.15) is 0 Å². The van der Waals surface area contributed by atoms with E-state index in [4.69, 9.17) is 28.6 Å². The second-order valence-electron chi connectivity index (χ2n) is 7.44. The Kier molecular flexibility index (Phi) is 8.30. The highest BCUT2D eigenvalue weighted by Crippen LogP contribution is 2.30. The van der Waals surface area contributed by atoms with Gasteiger partial charge in [0, 0.05) is 37.6 Å². The van der Waals surface area contributed by atoms with Gasteiger partial charge in [-0.05, 0) is 49.0 Å². The number of rotatable bonds is 6. The van der Waals surface area contributed by atoms with Crippen molar-refractivity contribution in [3.63, 3.8) is 0 Å². The monoisotopic (exact) mass is 474 g/mol. The van der Waals surface area contributed by atoms with Gasteiger partial charge in [-0.25, -0.2) is 0 Å². The van der Waals surface area contributed by atoms with Crippen LogP contribution in [0.3, 0.4) is 0 Å². The van der Waals surface area contributed by atoms with E-state index in [1.165, 1.54) is 0 Å². The fraction of sp³-hybridized carbons (Fsp3) is 0.348. The summed E-state index contributed by atoms with van der Waals surface area (Å²) in [5.74, 6) is 0.455. The quantitative estimate of drug-likeness (QED) is 0.623. The molecule has 2 aromatic rings. The summed E-state index contributed by atoms with van der Waals surface area (Å²) < 4.78 is 5.57. The third-order valence-corrected chi connectivity index (χ3v) is 5.63. The smallest absolute Gasteiger partial charge is 0.264 e. The summed E-state index contributed by atoms with van der Waals surface area (Å²) >= 11 is 11.5. The lowest BCUT2D eigenvalue weighted by Crippen LogP contribution is -2.48. The van der Waals surface area contributed by atoms with E-state index in [1.54, 1.807) is 6.07 Å². The zero-order chi connectivity index (χ0) is 23.1. The number of piperazine rings is 1. The van der Waals surface area contributed by atoms with Gasteiger partial charge in [0.05, 0.1) is 11.4 Å². The van der Waals surface area contributed by atoms with Crippen LogP contribution in [0.1, 0.15) is 18.9 Å². The number of aryl methyl sites for hydroxylation is 1. The predicted molar refractivity (Wildman–Crippen MR) is 132 cm³/mol. The topological polar surface area (TPSA) is 73.9 Å². The number of hydrogen-bond acceptors (Lipinski definition) is 5. The normalized spacial score (nSPS) is 13.5. The molecule has 1 fully saturated rings. The number of anilines is 2. The molecule has 0 bridgehead atoms. The lowest BCUT2D eigenvalue weighted by molar-refractivity contribution is -0.131. The second-order valence-corrected chi connectivity index (χ2v) is 8.28. The second kappa shape index (κ2) is 11.2. The van der Waals surface area contributed by atoms with E-state index >= 15 is 0 Å². The van der Waals surface area contributed by atoms with Crippen molar-refractivity contribution in [2.75, 3.05) is 43.0 Å². The van der Waals surface area contributed by atoms with Gasteiger partial charge in [-0.15, -0.1) is 0 Å². The molecule has 9 heteroatoms. The van der Waals surface area contributed by atoms with Crippen molar-refractivity contribution in [2.45, 2.75) is 20.3 Å². The zero-order valence-electron chi connectivity index (χ0n) is 18.2. The van der Waals surface area contributed by atoms with E-state index < -0.39 is 0 Å². The van der Waals surface area contributed by atoms with Gasteiger partial charge in [0.25, 0.3) is 5.91 Å². The maximum Gasteiger partial charge on any atom is 0.264 e. The van der Waals surface area contributed by atoms with Gasteiger partial charge < -0.3 is 19.9 Å². The molecule has 0 unspecified atom stereocenters. The molecule has 1 saturated heterocycles. The van der Waals surface area contributed by atoms with Crippen LogP contribution in [0.25, 0.3) is 0 Å². The molecule has 2 aromatic carbocycles. The first kappa shape index (κ1) is 23.8. The third-order valence-electron chi connectivity index (χ3n) is 5.19. The molecule has 7 nitrogen and oxygen atoms in total. The number of nitrogens with zero attached hydrogens (tertiary/aromatic N) is 2. The van der Waals surface area contributed by atoms with Crippen LogP contribution in [0.4, 0.5) is 11.4 Å². The molecular weight excluding hydrogens is 448 g/mol. The molecule has 2 amide bonds. The van der Waals surface area contributed by atoms with Crippen LogP contribution in [0.2, 0.25) is 5.02 Å². The average Bonchev–Trinajstić information content (AvgIpc) is 2.78. The highest BCUT2D eigenvalue weighted by Gasteiger charge is 2.22. The average molecular weight is 475 g/mol. The Hall–Kier alpha value is -2.84. The minimum atomic E-state index is -0.360. The molecule has 0 aromatic heterocycles. The van der Waals surface area contributed by atoms with Crippen molar-refractivity contribution >= 4 is 52.1 Å². The molecule has 0 radical (unpaired) electrons. The van der Waals surface area contributed by atoms with Gasteiger partial charge in [-0.3, -0.25) is 14.9 Å². The van der Waals surface area contributed by atoms with Crippen LogP contribution < -0.4 is 20.3 Å². The van der Waals surface area contributed by atoms with E-state index in [9.17, 15) is 9.59 Å². The number of hydrogen-bond donors (Lipinski definition) is 2. The summed E-state index contributed by atoms with van der Waals surface area (Å²) in [5.41, 5.74) is 2.55. The van der Waals surface area contributed by atoms with Crippen molar-refractivity contribution in [3.8, 4) is 5.75 Å². The first-order valence-electron chi connectivity index (χ1n) is 10.5. The summed E-state index contributed by atoms with van der Waals surface area (Å²) in [4.78, 5) is 28.3. The number of halogens is 1. The molecule has 1 aliphatic rings. The van der Waals surface area contributed by atoms with Crippen molar-refractivity contribution in [1.29, 1.82) is 0 Å². The fourth-order valence-corrected chi connectivity index (χ4v) is 3.88. The zero-order valence-corrected chi connectivity index (χ0v) is 19.8. The molecule has 0 spiro atoms. The minimum absolute atomic E-state index is 0.150. The lowest BCUT2D eigenvalue weighted by Gasteiger charge is -2.37. The number of nitrogens with one attached hydrogen (secondary N) is 2. The number of amides is 2. The molecule has 170 valence electrons. The molecule has 0 aliphatic carbocycles. The van der Waals surface area contributed by atoms with E-state index in [0.29, 0.717) is 49.1 Å². The third kappa shape index (κ3) is 6.34. The number of para-hydroxylation sites is 1. The van der Waals surface area contributed by atoms with Crippen LogP contribution in [0.15, 0.2) is 42.5 Å². The SMILES string of the molecule is CCC(=O)N1CCN(c2ccc(Cl)cc2NC(=S)NC(=O)COc2ccccc2C)CC1. The first-order valence-corrected chi connectivity index (χ1v) is 11.3. The molecule has 32 heavy (non-hydrogen) atoms. The highest BCUT2D eigenvalue weighted by molar-refractivity contribution is 7.80. The summed E-state index contributed by atoms with van der Waals surface area (Å²) in [7, 11) is 0. The van der Waals surface area contributed by atoms with Crippen molar-refractivity contribution in [2.24, 2.45) is 0 Å². The molecule has 1 heterocycles. The minimum Gasteiger partial charge on any atom is -0.483 e. The molecule has 2 N–H and O–H groups in total. The Morgan fingerprint density at radius 3 is 2.53 bits per heavy atom. The number of benzene rings is 2. The standard InChI is InChI=1S/C23H27ClN4O3S/c1-3-22(30)28-12-10-27(11-13-28)19-9-8-17(24)14-18(19)25-23(32)26-21(29)15-31-20-7-5-4-6-16(20)2/h4-9,14H,3,10-13,15H2,1-2H3,(H2,25,26,29,32). The van der Waals surface area contributed by atoms with E-state index in [-0.39, 0.29) is 23.5 Å². The molecule has 0 atom stereocenters. The van der Waals surface area contributed by atoms with Crippen LogP contribution in [0, 0.1) is 6.92 Å². The summed E-state index contributed by atoms with van der Waals surface area (Å²) in [6.45, 7) is 6.35. The van der Waals surface area contributed by atoms with Crippen molar-refractivity contribution < 1.29 is 14.3 Å². The van der Waals surface area contributed by atoms with E-state index in [0.717, 1.165) is 11.3 Å². The van der Waals surface area contributed by atoms with Gasteiger partial charge in [-0.1, -0.05) is 36.7 Å². The van der Waals surface area contributed by atoms with E-state index in [2.05, 4.69) is 15.5 Å². The summed E-state index contributed by atoms with van der Waals surface area (Å²) in [5, 5.41) is 6.42. The number of carbonyl (C=O) groups is 2. The summed E-state index contributed by atoms with van der Waals surface area (Å²) in [6.07, 6.45) is 0.509. The van der Waals surface area contributed by atoms with Gasteiger partial charge in [0.15, 0.2) is 11.7 Å². The molecular formula is C23H27ClN4O3S. The maximum absolute atomic E-state index is 12.3. The summed E-state index contributed by atoms with van der Waals surface area (Å²) in [6, 6.07) is 13.0. The number of carbonyl (C=O) groups excluding carboxylic acids is 2. The van der Waals surface area contributed by atoms with Crippen molar-refractivity contribution in [3.05, 3.63) is 53.1 Å². The van der Waals surface area contributed by atoms with Gasteiger partial charge in [0.1, 0.15) is 5.75 Å². The Balaban J connectivity index is 1.59. The Bertz CT molecular complexity index is 993.